The maximum absolute atomic E-state index is 12.8. The second-order valence-corrected chi connectivity index (χ2v) is 7.25. The molecule has 0 heterocycles. The van der Waals surface area contributed by atoms with E-state index < -0.39 is 0 Å². The Morgan fingerprint density at radius 3 is 2.69 bits per heavy atom. The SMILES string of the molecule is COc1ccc(C[NH+](C)[C@H](C)C(=O)N[C@H]2CCCc3ccccc32)cc1. The van der Waals surface area contributed by atoms with Crippen molar-refractivity contribution in [2.24, 2.45) is 0 Å². The molecule has 0 radical (unpaired) electrons. The highest BCUT2D eigenvalue weighted by molar-refractivity contribution is 5.80. The number of ether oxygens (including phenoxy) is 1. The molecule has 1 aliphatic rings. The Balaban J connectivity index is 1.60. The number of fused-ring (bicyclic) bond motifs is 1. The van der Waals surface area contributed by atoms with Crippen molar-refractivity contribution in [3.8, 4) is 5.75 Å². The van der Waals surface area contributed by atoms with Crippen LogP contribution in [0.15, 0.2) is 48.5 Å². The molecule has 138 valence electrons. The third-order valence-electron chi connectivity index (χ3n) is 5.46. The fraction of sp³-hybridized carbons (Fsp3) is 0.409. The number of methoxy groups -OCH3 is 1. The number of likely N-dealkylation sites (N-methyl/N-ethyl adjacent to an activating group) is 1. The van der Waals surface area contributed by atoms with Gasteiger partial charge in [-0.2, -0.15) is 0 Å². The molecule has 2 N–H and O–H groups in total. The van der Waals surface area contributed by atoms with Crippen LogP contribution in [0.4, 0.5) is 0 Å². The van der Waals surface area contributed by atoms with E-state index in [1.165, 1.54) is 21.6 Å². The zero-order valence-corrected chi connectivity index (χ0v) is 15.9. The van der Waals surface area contributed by atoms with E-state index in [1.54, 1.807) is 7.11 Å². The van der Waals surface area contributed by atoms with Gasteiger partial charge in [-0.05, 0) is 61.6 Å². The molecular weight excluding hydrogens is 324 g/mol. The minimum Gasteiger partial charge on any atom is -0.497 e. The summed E-state index contributed by atoms with van der Waals surface area (Å²) in [5, 5.41) is 3.28. The number of carbonyl (C=O) groups excluding carboxylic acids is 1. The fourth-order valence-corrected chi connectivity index (χ4v) is 3.64. The third kappa shape index (κ3) is 4.25. The number of carbonyl (C=O) groups is 1. The molecule has 0 aliphatic heterocycles. The molecule has 26 heavy (non-hydrogen) atoms. The van der Waals surface area contributed by atoms with E-state index >= 15 is 0 Å². The van der Waals surface area contributed by atoms with E-state index in [-0.39, 0.29) is 18.0 Å². The first-order valence-corrected chi connectivity index (χ1v) is 9.42. The maximum atomic E-state index is 12.8. The smallest absolute Gasteiger partial charge is 0.278 e. The predicted molar refractivity (Wildman–Crippen MR) is 103 cm³/mol. The van der Waals surface area contributed by atoms with Crippen molar-refractivity contribution >= 4 is 5.91 Å². The number of benzene rings is 2. The summed E-state index contributed by atoms with van der Waals surface area (Å²) >= 11 is 0. The van der Waals surface area contributed by atoms with Crippen LogP contribution in [0.5, 0.6) is 5.75 Å². The molecule has 0 fully saturated rings. The molecule has 1 unspecified atom stereocenters. The molecule has 3 atom stereocenters. The van der Waals surface area contributed by atoms with Gasteiger partial charge in [-0.15, -0.1) is 0 Å². The van der Waals surface area contributed by atoms with Crippen molar-refractivity contribution in [2.75, 3.05) is 14.2 Å². The highest BCUT2D eigenvalue weighted by Gasteiger charge is 2.27. The van der Waals surface area contributed by atoms with Crippen LogP contribution in [-0.4, -0.2) is 26.1 Å². The summed E-state index contributed by atoms with van der Waals surface area (Å²) in [7, 11) is 3.74. The van der Waals surface area contributed by atoms with Gasteiger partial charge in [0.15, 0.2) is 6.04 Å². The molecule has 3 rings (SSSR count). The van der Waals surface area contributed by atoms with Gasteiger partial charge in [-0.1, -0.05) is 24.3 Å². The zero-order valence-electron chi connectivity index (χ0n) is 15.9. The van der Waals surface area contributed by atoms with Gasteiger partial charge < -0.3 is 15.0 Å². The molecule has 4 nitrogen and oxygen atoms in total. The maximum Gasteiger partial charge on any atom is 0.278 e. The average Bonchev–Trinajstić information content (AvgIpc) is 2.68. The quantitative estimate of drug-likeness (QED) is 0.837. The van der Waals surface area contributed by atoms with Crippen LogP contribution in [-0.2, 0) is 17.8 Å². The predicted octanol–water partition coefficient (Wildman–Crippen LogP) is 2.29. The highest BCUT2D eigenvalue weighted by atomic mass is 16.5. The molecule has 2 aromatic carbocycles. The average molecular weight is 353 g/mol. The summed E-state index contributed by atoms with van der Waals surface area (Å²) < 4.78 is 5.20. The Hall–Kier alpha value is -2.33. The molecule has 2 aromatic rings. The summed E-state index contributed by atoms with van der Waals surface area (Å²) in [6.45, 7) is 2.81. The van der Waals surface area contributed by atoms with Crippen molar-refractivity contribution in [3.63, 3.8) is 0 Å². The van der Waals surface area contributed by atoms with Gasteiger partial charge in [0.25, 0.3) is 5.91 Å². The number of quaternary nitrogens is 1. The first-order chi connectivity index (χ1) is 12.6. The number of aryl methyl sites for hydroxylation is 1. The lowest BCUT2D eigenvalue weighted by Crippen LogP contribution is -3.12. The minimum atomic E-state index is -0.105. The van der Waals surface area contributed by atoms with E-state index in [9.17, 15) is 4.79 Å². The molecule has 0 spiro atoms. The van der Waals surface area contributed by atoms with Gasteiger partial charge in [-0.3, -0.25) is 4.79 Å². The Morgan fingerprint density at radius 1 is 1.23 bits per heavy atom. The van der Waals surface area contributed by atoms with Crippen molar-refractivity contribution < 1.29 is 14.4 Å². The topological polar surface area (TPSA) is 42.8 Å². The standard InChI is InChI=1S/C22H28N2O2/c1-16(24(2)15-17-11-13-19(26-3)14-12-17)22(25)23-21-10-6-8-18-7-4-5-9-20(18)21/h4-5,7,9,11-14,16,21H,6,8,10,15H2,1-3H3,(H,23,25)/p+1/t16-,21+/m1/s1. The molecule has 1 amide bonds. The molecule has 0 saturated heterocycles. The lowest BCUT2D eigenvalue weighted by atomic mass is 9.87. The van der Waals surface area contributed by atoms with E-state index in [1.807, 2.05) is 19.1 Å². The van der Waals surface area contributed by atoms with Crippen LogP contribution >= 0.6 is 0 Å². The van der Waals surface area contributed by atoms with Crippen molar-refractivity contribution in [1.29, 1.82) is 0 Å². The molecule has 1 aliphatic carbocycles. The molecule has 0 saturated carbocycles. The summed E-state index contributed by atoms with van der Waals surface area (Å²) in [5.41, 5.74) is 3.86. The van der Waals surface area contributed by atoms with Gasteiger partial charge in [0.1, 0.15) is 12.3 Å². The number of nitrogens with one attached hydrogen (secondary N) is 2. The first-order valence-electron chi connectivity index (χ1n) is 9.42. The van der Waals surface area contributed by atoms with Crippen LogP contribution in [0.3, 0.4) is 0 Å². The van der Waals surface area contributed by atoms with Crippen molar-refractivity contribution in [1.82, 2.24) is 5.32 Å². The minimum absolute atomic E-state index is 0.105. The molecule has 0 bridgehead atoms. The molecule has 4 heteroatoms. The first kappa shape index (κ1) is 18.5. The lowest BCUT2D eigenvalue weighted by molar-refractivity contribution is -0.908. The Kier molecular flexibility index (Phi) is 5.94. The molecular formula is C22H29N2O2+. The highest BCUT2D eigenvalue weighted by Crippen LogP contribution is 2.29. The number of amides is 1. The third-order valence-corrected chi connectivity index (χ3v) is 5.46. The Morgan fingerprint density at radius 2 is 1.96 bits per heavy atom. The van der Waals surface area contributed by atoms with Gasteiger partial charge in [0.2, 0.25) is 0 Å². The summed E-state index contributed by atoms with van der Waals surface area (Å²) in [4.78, 5) is 14.0. The fourth-order valence-electron chi connectivity index (χ4n) is 3.64. The van der Waals surface area contributed by atoms with E-state index in [2.05, 4.69) is 48.8 Å². The second kappa shape index (κ2) is 8.37. The van der Waals surface area contributed by atoms with Crippen LogP contribution in [0.25, 0.3) is 0 Å². The number of hydrogen-bond donors (Lipinski definition) is 2. The van der Waals surface area contributed by atoms with Crippen LogP contribution < -0.4 is 15.0 Å². The van der Waals surface area contributed by atoms with Crippen LogP contribution in [0.2, 0.25) is 0 Å². The number of rotatable bonds is 6. The number of hydrogen-bond acceptors (Lipinski definition) is 2. The van der Waals surface area contributed by atoms with Gasteiger partial charge in [0, 0.05) is 5.56 Å². The van der Waals surface area contributed by atoms with Crippen molar-refractivity contribution in [3.05, 3.63) is 65.2 Å². The van der Waals surface area contributed by atoms with E-state index in [0.717, 1.165) is 31.6 Å². The Bertz CT molecular complexity index is 742. The van der Waals surface area contributed by atoms with Gasteiger partial charge >= 0.3 is 0 Å². The van der Waals surface area contributed by atoms with Gasteiger partial charge in [-0.25, -0.2) is 0 Å². The summed E-state index contributed by atoms with van der Waals surface area (Å²) in [6, 6.07) is 16.6. The van der Waals surface area contributed by atoms with Crippen molar-refractivity contribution in [2.45, 2.75) is 44.8 Å². The normalized spacial score (nSPS) is 18.5. The van der Waals surface area contributed by atoms with Crippen LogP contribution in [0, 0.1) is 0 Å². The summed E-state index contributed by atoms with van der Waals surface area (Å²) in [5.74, 6) is 0.978. The molecule has 0 aromatic heterocycles. The summed E-state index contributed by atoms with van der Waals surface area (Å²) in [6.07, 6.45) is 3.26. The largest absolute Gasteiger partial charge is 0.497 e. The van der Waals surface area contributed by atoms with E-state index in [0.29, 0.717) is 0 Å². The monoisotopic (exact) mass is 353 g/mol. The van der Waals surface area contributed by atoms with Crippen LogP contribution in [0.1, 0.15) is 42.5 Å². The van der Waals surface area contributed by atoms with E-state index in [4.69, 9.17) is 4.74 Å². The lowest BCUT2D eigenvalue weighted by Gasteiger charge is -2.28. The van der Waals surface area contributed by atoms with Gasteiger partial charge in [0.05, 0.1) is 20.2 Å². The second-order valence-electron chi connectivity index (χ2n) is 7.25. The Labute approximate surface area is 156 Å². The zero-order chi connectivity index (χ0) is 18.5.